The molecule has 0 radical (unpaired) electrons. The van der Waals surface area contributed by atoms with Crippen LogP contribution in [0.3, 0.4) is 0 Å². The molecule has 0 bridgehead atoms. The van der Waals surface area contributed by atoms with E-state index in [0.29, 0.717) is 6.42 Å². The van der Waals surface area contributed by atoms with Crippen LogP contribution in [0.1, 0.15) is 25.3 Å². The Morgan fingerprint density at radius 3 is 2.43 bits per heavy atom. The molecular weight excluding hydrogens is 262 g/mol. The monoisotopic (exact) mass is 291 g/mol. The lowest BCUT2D eigenvalue weighted by Crippen LogP contribution is -2.44. The van der Waals surface area contributed by atoms with E-state index in [1.807, 2.05) is 44.1 Å². The number of nitrogens with two attached hydrogens (primary N) is 1. The van der Waals surface area contributed by atoms with Crippen LogP contribution in [0.25, 0.3) is 0 Å². The SMILES string of the molecule is CCN(CCCN(C)C)C(=O)C(N)CCc1ccccc1. The van der Waals surface area contributed by atoms with Gasteiger partial charge < -0.3 is 15.5 Å². The highest BCUT2D eigenvalue weighted by Crippen LogP contribution is 2.06. The summed E-state index contributed by atoms with van der Waals surface area (Å²) in [5, 5.41) is 0. The third-order valence-corrected chi connectivity index (χ3v) is 3.63. The molecule has 1 aromatic rings. The molecule has 4 nitrogen and oxygen atoms in total. The summed E-state index contributed by atoms with van der Waals surface area (Å²) < 4.78 is 0. The van der Waals surface area contributed by atoms with E-state index in [1.165, 1.54) is 5.56 Å². The van der Waals surface area contributed by atoms with Crippen LogP contribution in [0, 0.1) is 0 Å². The van der Waals surface area contributed by atoms with Gasteiger partial charge in [0.25, 0.3) is 0 Å². The molecule has 0 saturated heterocycles. The Balaban J connectivity index is 2.39. The topological polar surface area (TPSA) is 49.6 Å². The number of carbonyl (C=O) groups is 1. The smallest absolute Gasteiger partial charge is 0.239 e. The van der Waals surface area contributed by atoms with Gasteiger partial charge in [-0.25, -0.2) is 0 Å². The van der Waals surface area contributed by atoms with Crippen LogP contribution in [-0.4, -0.2) is 55.5 Å². The summed E-state index contributed by atoms with van der Waals surface area (Å²) in [6.45, 7) is 4.51. The third kappa shape index (κ3) is 6.74. The number of rotatable bonds is 9. The fourth-order valence-electron chi connectivity index (χ4n) is 2.33. The average molecular weight is 291 g/mol. The Morgan fingerprint density at radius 1 is 1.19 bits per heavy atom. The molecule has 0 aliphatic carbocycles. The van der Waals surface area contributed by atoms with Gasteiger partial charge in [0.15, 0.2) is 0 Å². The quantitative estimate of drug-likeness (QED) is 0.754. The van der Waals surface area contributed by atoms with Gasteiger partial charge >= 0.3 is 0 Å². The average Bonchev–Trinajstić information content (AvgIpc) is 2.49. The van der Waals surface area contributed by atoms with Crippen molar-refractivity contribution in [1.82, 2.24) is 9.80 Å². The van der Waals surface area contributed by atoms with Gasteiger partial charge in [-0.2, -0.15) is 0 Å². The van der Waals surface area contributed by atoms with Gasteiger partial charge in [-0.05, 0) is 52.4 Å². The van der Waals surface area contributed by atoms with E-state index in [0.717, 1.165) is 32.5 Å². The fourth-order valence-corrected chi connectivity index (χ4v) is 2.33. The predicted molar refractivity (Wildman–Crippen MR) is 88.2 cm³/mol. The maximum atomic E-state index is 12.4. The van der Waals surface area contributed by atoms with E-state index in [1.54, 1.807) is 0 Å². The molecule has 0 aliphatic rings. The third-order valence-electron chi connectivity index (χ3n) is 3.63. The van der Waals surface area contributed by atoms with Gasteiger partial charge in [0, 0.05) is 13.1 Å². The van der Waals surface area contributed by atoms with Gasteiger partial charge in [-0.3, -0.25) is 4.79 Å². The maximum Gasteiger partial charge on any atom is 0.239 e. The number of nitrogens with zero attached hydrogens (tertiary/aromatic N) is 2. The fraction of sp³-hybridized carbons (Fsp3) is 0.588. The summed E-state index contributed by atoms with van der Waals surface area (Å²) in [5.74, 6) is 0.0761. The maximum absolute atomic E-state index is 12.4. The zero-order valence-corrected chi connectivity index (χ0v) is 13.6. The Kier molecular flexibility index (Phi) is 8.01. The molecule has 1 aromatic carbocycles. The number of hydrogen-bond acceptors (Lipinski definition) is 3. The first-order valence-electron chi connectivity index (χ1n) is 7.77. The predicted octanol–water partition coefficient (Wildman–Crippen LogP) is 1.75. The molecule has 0 saturated carbocycles. The molecule has 0 aliphatic heterocycles. The van der Waals surface area contributed by atoms with Crippen molar-refractivity contribution in [2.75, 3.05) is 33.7 Å². The second-order valence-electron chi connectivity index (χ2n) is 5.71. The highest BCUT2D eigenvalue weighted by molar-refractivity contribution is 5.81. The molecule has 1 rings (SSSR count). The minimum atomic E-state index is -0.399. The van der Waals surface area contributed by atoms with E-state index in [9.17, 15) is 4.79 Å². The van der Waals surface area contributed by atoms with Crippen LogP contribution < -0.4 is 5.73 Å². The van der Waals surface area contributed by atoms with E-state index in [4.69, 9.17) is 5.73 Å². The van der Waals surface area contributed by atoms with Gasteiger partial charge in [0.2, 0.25) is 5.91 Å². The highest BCUT2D eigenvalue weighted by Gasteiger charge is 2.19. The molecule has 0 heterocycles. The number of hydrogen-bond donors (Lipinski definition) is 1. The molecule has 0 fully saturated rings. The van der Waals surface area contributed by atoms with E-state index in [-0.39, 0.29) is 5.91 Å². The van der Waals surface area contributed by atoms with Gasteiger partial charge in [0.1, 0.15) is 0 Å². The van der Waals surface area contributed by atoms with Crippen LogP contribution in [-0.2, 0) is 11.2 Å². The first-order valence-corrected chi connectivity index (χ1v) is 7.77. The van der Waals surface area contributed by atoms with Crippen molar-refractivity contribution >= 4 is 5.91 Å². The van der Waals surface area contributed by atoms with Gasteiger partial charge in [-0.1, -0.05) is 30.3 Å². The van der Waals surface area contributed by atoms with Gasteiger partial charge in [0.05, 0.1) is 6.04 Å². The van der Waals surface area contributed by atoms with Crippen LogP contribution in [0.2, 0.25) is 0 Å². The molecule has 1 amide bonds. The first-order chi connectivity index (χ1) is 10.0. The number of amides is 1. The first kappa shape index (κ1) is 17.7. The zero-order chi connectivity index (χ0) is 15.7. The van der Waals surface area contributed by atoms with E-state index < -0.39 is 6.04 Å². The number of carbonyl (C=O) groups excluding carboxylic acids is 1. The van der Waals surface area contributed by atoms with Gasteiger partial charge in [-0.15, -0.1) is 0 Å². The standard InChI is InChI=1S/C17H29N3O/c1-4-20(14-8-13-19(2)3)17(21)16(18)12-11-15-9-6-5-7-10-15/h5-7,9-10,16H,4,8,11-14,18H2,1-3H3. The summed E-state index contributed by atoms with van der Waals surface area (Å²) in [6.07, 6.45) is 2.54. The molecule has 2 N–H and O–H groups in total. The van der Waals surface area contributed by atoms with Crippen molar-refractivity contribution in [3.8, 4) is 0 Å². The lowest BCUT2D eigenvalue weighted by Gasteiger charge is -2.25. The van der Waals surface area contributed by atoms with Crippen molar-refractivity contribution in [2.45, 2.75) is 32.2 Å². The summed E-state index contributed by atoms with van der Waals surface area (Å²) >= 11 is 0. The van der Waals surface area contributed by atoms with Crippen molar-refractivity contribution in [3.63, 3.8) is 0 Å². The summed E-state index contributed by atoms with van der Waals surface area (Å²) in [6, 6.07) is 9.78. The molecule has 1 unspecified atom stereocenters. The lowest BCUT2D eigenvalue weighted by atomic mass is 10.0. The molecule has 4 heteroatoms. The minimum absolute atomic E-state index is 0.0761. The van der Waals surface area contributed by atoms with E-state index in [2.05, 4.69) is 17.0 Å². The Bertz CT molecular complexity index is 406. The Morgan fingerprint density at radius 2 is 1.86 bits per heavy atom. The van der Waals surface area contributed by atoms with Crippen molar-refractivity contribution < 1.29 is 4.79 Å². The number of likely N-dealkylation sites (N-methyl/N-ethyl adjacent to an activating group) is 1. The minimum Gasteiger partial charge on any atom is -0.342 e. The summed E-state index contributed by atoms with van der Waals surface area (Å²) in [5.41, 5.74) is 7.30. The summed E-state index contributed by atoms with van der Waals surface area (Å²) in [4.78, 5) is 16.4. The van der Waals surface area contributed by atoms with Crippen LogP contribution >= 0.6 is 0 Å². The van der Waals surface area contributed by atoms with Crippen LogP contribution in [0.4, 0.5) is 0 Å². The molecule has 0 spiro atoms. The van der Waals surface area contributed by atoms with E-state index >= 15 is 0 Å². The van der Waals surface area contributed by atoms with Crippen molar-refractivity contribution in [2.24, 2.45) is 5.73 Å². The second kappa shape index (κ2) is 9.53. The number of benzene rings is 1. The molecule has 118 valence electrons. The molecule has 21 heavy (non-hydrogen) atoms. The second-order valence-corrected chi connectivity index (χ2v) is 5.71. The molecular formula is C17H29N3O. The highest BCUT2D eigenvalue weighted by atomic mass is 16.2. The van der Waals surface area contributed by atoms with Crippen molar-refractivity contribution in [1.29, 1.82) is 0 Å². The van der Waals surface area contributed by atoms with Crippen LogP contribution in [0.5, 0.6) is 0 Å². The lowest BCUT2D eigenvalue weighted by molar-refractivity contribution is -0.132. The Labute approximate surface area is 128 Å². The van der Waals surface area contributed by atoms with Crippen molar-refractivity contribution in [3.05, 3.63) is 35.9 Å². The molecule has 1 atom stereocenters. The zero-order valence-electron chi connectivity index (χ0n) is 13.6. The normalized spacial score (nSPS) is 12.4. The summed E-state index contributed by atoms with van der Waals surface area (Å²) in [7, 11) is 4.09. The Hall–Kier alpha value is -1.39. The number of aryl methyl sites for hydroxylation is 1. The molecule has 0 aromatic heterocycles. The van der Waals surface area contributed by atoms with Crippen LogP contribution in [0.15, 0.2) is 30.3 Å². The largest absolute Gasteiger partial charge is 0.342 e.